The predicted molar refractivity (Wildman–Crippen MR) is 114 cm³/mol. The Bertz CT molecular complexity index is 542. The lowest BCUT2D eigenvalue weighted by Gasteiger charge is -2.35. The van der Waals surface area contributed by atoms with Gasteiger partial charge in [0.15, 0.2) is 5.11 Å². The number of carbonyl (C=O) groups excluding carboxylic acids is 2. The van der Waals surface area contributed by atoms with Gasteiger partial charge in [-0.2, -0.15) is 0 Å². The Balaban J connectivity index is 1.57. The van der Waals surface area contributed by atoms with Gasteiger partial charge in [0.25, 0.3) is 0 Å². The predicted octanol–water partition coefficient (Wildman–Crippen LogP) is 2.34. The molecule has 3 N–H and O–H groups in total. The molecule has 0 aromatic rings. The van der Waals surface area contributed by atoms with Gasteiger partial charge in [0.2, 0.25) is 11.8 Å². The molecule has 26 heavy (non-hydrogen) atoms. The summed E-state index contributed by atoms with van der Waals surface area (Å²) in [6, 6.07) is 0.357. The van der Waals surface area contributed by atoms with Gasteiger partial charge in [-0.15, -0.1) is 0 Å². The summed E-state index contributed by atoms with van der Waals surface area (Å²) in [5.74, 6) is 1.65. The van der Waals surface area contributed by atoms with E-state index in [2.05, 4.69) is 30.0 Å². The summed E-state index contributed by atoms with van der Waals surface area (Å²) >= 11 is 11.8. The van der Waals surface area contributed by atoms with Crippen LogP contribution in [0.5, 0.6) is 0 Å². The number of thioether (sulfide) groups is 1. The number of unbranched alkanes of at least 4 members (excludes halogenated alkanes) is 1. The van der Waals surface area contributed by atoms with Gasteiger partial charge in [-0.1, -0.05) is 50.7 Å². The quantitative estimate of drug-likeness (QED) is 0.349. The van der Waals surface area contributed by atoms with Gasteiger partial charge in [-0.3, -0.25) is 25.3 Å². The maximum absolute atomic E-state index is 11.9. The van der Waals surface area contributed by atoms with Crippen LogP contribution in [0.1, 0.15) is 52.4 Å². The van der Waals surface area contributed by atoms with Crippen molar-refractivity contribution in [1.29, 1.82) is 0 Å². The molecule has 0 radical (unpaired) electrons. The van der Waals surface area contributed by atoms with E-state index in [9.17, 15) is 9.59 Å². The number of thiocarbonyl (C=S) groups is 2. The molecule has 0 unspecified atom stereocenters. The van der Waals surface area contributed by atoms with E-state index in [1.807, 2.05) is 0 Å². The molecule has 0 bridgehead atoms. The van der Waals surface area contributed by atoms with E-state index in [1.54, 1.807) is 4.90 Å². The highest BCUT2D eigenvalue weighted by Gasteiger charge is 2.27. The average Bonchev–Trinajstić information content (AvgIpc) is 2.92. The molecule has 1 aliphatic heterocycles. The zero-order chi connectivity index (χ0) is 19.1. The Morgan fingerprint density at radius 1 is 1.27 bits per heavy atom. The third-order valence-electron chi connectivity index (χ3n) is 5.21. The van der Waals surface area contributed by atoms with Gasteiger partial charge in [0.1, 0.15) is 4.32 Å². The van der Waals surface area contributed by atoms with Crippen LogP contribution in [-0.2, 0) is 9.59 Å². The molecule has 0 spiro atoms. The molecule has 1 aliphatic carbocycles. The largest absolute Gasteiger partial charge is 0.358 e. The molecule has 2 aliphatic rings. The van der Waals surface area contributed by atoms with Crippen LogP contribution in [0.2, 0.25) is 0 Å². The molecule has 2 amide bonds. The molecule has 1 saturated heterocycles. The minimum atomic E-state index is -0.107. The highest BCUT2D eigenvalue weighted by Crippen LogP contribution is 2.29. The Kier molecular flexibility index (Phi) is 8.56. The molecule has 6 nitrogen and oxygen atoms in total. The second-order valence-corrected chi connectivity index (χ2v) is 9.09. The van der Waals surface area contributed by atoms with Gasteiger partial charge >= 0.3 is 0 Å². The number of nitrogens with one attached hydrogen (secondary N) is 3. The van der Waals surface area contributed by atoms with E-state index < -0.39 is 0 Å². The lowest BCUT2D eigenvalue weighted by atomic mass is 9.78. The van der Waals surface area contributed by atoms with E-state index in [0.717, 1.165) is 12.8 Å². The lowest BCUT2D eigenvalue weighted by Crippen LogP contribution is -2.52. The molecule has 2 rings (SSSR count). The highest BCUT2D eigenvalue weighted by atomic mass is 32.2. The normalized spacial score (nSPS) is 25.9. The Hall–Kier alpha value is -0.930. The fourth-order valence-corrected chi connectivity index (χ4v) is 4.66. The van der Waals surface area contributed by atoms with E-state index in [-0.39, 0.29) is 11.8 Å². The number of carbonyl (C=O) groups is 2. The number of hydrogen-bond donors (Lipinski definition) is 3. The van der Waals surface area contributed by atoms with Crippen molar-refractivity contribution in [2.75, 3.05) is 12.3 Å². The molecule has 0 aromatic carbocycles. The van der Waals surface area contributed by atoms with Crippen LogP contribution in [0.3, 0.4) is 0 Å². The van der Waals surface area contributed by atoms with Crippen LogP contribution < -0.4 is 16.2 Å². The van der Waals surface area contributed by atoms with Crippen molar-refractivity contribution >= 4 is 57.4 Å². The Labute approximate surface area is 170 Å². The molecule has 3 atom stereocenters. The van der Waals surface area contributed by atoms with Crippen LogP contribution >= 0.6 is 36.2 Å². The highest BCUT2D eigenvalue weighted by molar-refractivity contribution is 8.23. The second-order valence-electron chi connectivity index (χ2n) is 7.08. The topological polar surface area (TPSA) is 73.5 Å². The molecule has 9 heteroatoms. The van der Waals surface area contributed by atoms with Gasteiger partial charge in [-0.25, -0.2) is 0 Å². The summed E-state index contributed by atoms with van der Waals surface area (Å²) in [6.45, 7) is 5.11. The van der Waals surface area contributed by atoms with Gasteiger partial charge in [0.05, 0.1) is 5.75 Å². The first-order valence-electron chi connectivity index (χ1n) is 9.21. The zero-order valence-corrected chi connectivity index (χ0v) is 17.8. The zero-order valence-electron chi connectivity index (χ0n) is 15.4. The van der Waals surface area contributed by atoms with Crippen molar-refractivity contribution in [3.05, 3.63) is 0 Å². The van der Waals surface area contributed by atoms with Crippen molar-refractivity contribution in [2.24, 2.45) is 11.8 Å². The third-order valence-corrected chi connectivity index (χ3v) is 6.87. The lowest BCUT2D eigenvalue weighted by molar-refractivity contribution is -0.124. The van der Waals surface area contributed by atoms with Gasteiger partial charge in [-0.05, 0) is 43.3 Å². The van der Waals surface area contributed by atoms with E-state index in [4.69, 9.17) is 24.4 Å². The van der Waals surface area contributed by atoms with Crippen LogP contribution in [0.15, 0.2) is 0 Å². The summed E-state index contributed by atoms with van der Waals surface area (Å²) in [7, 11) is 0. The number of hydrazine groups is 1. The van der Waals surface area contributed by atoms with Crippen molar-refractivity contribution < 1.29 is 9.59 Å². The van der Waals surface area contributed by atoms with E-state index in [1.165, 1.54) is 24.6 Å². The van der Waals surface area contributed by atoms with Crippen LogP contribution in [0, 0.1) is 11.8 Å². The first-order chi connectivity index (χ1) is 12.4. The fourth-order valence-electron chi connectivity index (χ4n) is 3.33. The van der Waals surface area contributed by atoms with Crippen molar-refractivity contribution in [2.45, 2.75) is 58.4 Å². The number of amides is 2. The van der Waals surface area contributed by atoms with Crippen molar-refractivity contribution in [3.8, 4) is 0 Å². The SMILES string of the molecule is C[C@@H]1[C@H](C)CCC[C@@H]1NC(=S)NNC(=O)CCCCN1C(=O)CSC1=S. The second kappa shape index (κ2) is 10.4. The summed E-state index contributed by atoms with van der Waals surface area (Å²) < 4.78 is 0.642. The summed E-state index contributed by atoms with van der Waals surface area (Å²) in [5, 5.41) is 3.78. The first kappa shape index (κ1) is 21.4. The maximum Gasteiger partial charge on any atom is 0.238 e. The minimum absolute atomic E-state index is 0.0637. The van der Waals surface area contributed by atoms with Crippen LogP contribution in [0.25, 0.3) is 0 Å². The number of rotatable bonds is 6. The standard InChI is InChI=1S/C17H28N4O2S3/c1-11-6-5-7-13(12(11)2)18-16(24)20-19-14(22)8-3-4-9-21-15(23)10-26-17(21)25/h11-13H,3-10H2,1-2H3,(H,19,22)(H2,18,20,24)/t11-,12-,13+/m1/s1. The molecule has 0 aromatic heterocycles. The van der Waals surface area contributed by atoms with Gasteiger partial charge < -0.3 is 5.32 Å². The number of hydrogen-bond acceptors (Lipinski definition) is 5. The average molecular weight is 417 g/mol. The van der Waals surface area contributed by atoms with E-state index >= 15 is 0 Å². The molecule has 1 heterocycles. The van der Waals surface area contributed by atoms with Crippen LogP contribution in [0.4, 0.5) is 0 Å². The molecular weight excluding hydrogens is 388 g/mol. The number of nitrogens with zero attached hydrogens (tertiary/aromatic N) is 1. The fraction of sp³-hybridized carbons (Fsp3) is 0.765. The maximum atomic E-state index is 11.9. The van der Waals surface area contributed by atoms with Crippen molar-refractivity contribution in [1.82, 2.24) is 21.1 Å². The monoisotopic (exact) mass is 416 g/mol. The summed E-state index contributed by atoms with van der Waals surface area (Å²) in [5.41, 5.74) is 5.43. The summed E-state index contributed by atoms with van der Waals surface area (Å²) in [6.07, 6.45) is 5.41. The third kappa shape index (κ3) is 6.35. The molecular formula is C17H28N4O2S3. The van der Waals surface area contributed by atoms with Crippen LogP contribution in [-0.4, -0.2) is 44.5 Å². The van der Waals surface area contributed by atoms with Gasteiger partial charge in [0, 0.05) is 19.0 Å². The molecule has 1 saturated carbocycles. The smallest absolute Gasteiger partial charge is 0.238 e. The summed E-state index contributed by atoms with van der Waals surface area (Å²) in [4.78, 5) is 25.1. The van der Waals surface area contributed by atoms with E-state index in [0.29, 0.717) is 52.4 Å². The van der Waals surface area contributed by atoms with Crippen molar-refractivity contribution in [3.63, 3.8) is 0 Å². The minimum Gasteiger partial charge on any atom is -0.358 e. The molecule has 2 fully saturated rings. The first-order valence-corrected chi connectivity index (χ1v) is 11.0. The Morgan fingerprint density at radius 3 is 2.73 bits per heavy atom. The molecule has 146 valence electrons. The Morgan fingerprint density at radius 2 is 2.04 bits per heavy atom.